The van der Waals surface area contributed by atoms with E-state index >= 15 is 0 Å². The lowest BCUT2D eigenvalue weighted by molar-refractivity contribution is -0.384. The molecule has 0 heterocycles. The highest BCUT2D eigenvalue weighted by molar-refractivity contribution is 5.90. The molecule has 90 valence electrons. The first-order valence-electron chi connectivity index (χ1n) is 4.39. The van der Waals surface area contributed by atoms with Crippen LogP contribution in [0.25, 0.3) is 0 Å². The second-order valence-corrected chi connectivity index (χ2v) is 3.04. The van der Waals surface area contributed by atoms with Gasteiger partial charge in [0.1, 0.15) is 12.2 Å². The van der Waals surface area contributed by atoms with Gasteiger partial charge in [0.2, 0.25) is 0 Å². The molecule has 0 aliphatic heterocycles. The Morgan fingerprint density at radius 3 is 2.47 bits per heavy atom. The van der Waals surface area contributed by atoms with Crippen LogP contribution in [0.3, 0.4) is 0 Å². The molecule has 1 aromatic carbocycles. The minimum Gasteiger partial charge on any atom is -0.480 e. The molecule has 0 amide bonds. The van der Waals surface area contributed by atoms with Gasteiger partial charge >= 0.3 is 11.9 Å². The first-order valence-corrected chi connectivity index (χ1v) is 4.39. The Balaban J connectivity index is 3.08. The number of nitrogens with zero attached hydrogens (tertiary/aromatic N) is 1. The Morgan fingerprint density at radius 1 is 1.35 bits per heavy atom. The highest BCUT2D eigenvalue weighted by atomic mass is 16.6. The van der Waals surface area contributed by atoms with Crippen molar-refractivity contribution in [2.24, 2.45) is 0 Å². The van der Waals surface area contributed by atoms with E-state index in [0.717, 1.165) is 18.2 Å². The van der Waals surface area contributed by atoms with E-state index in [-0.39, 0.29) is 11.3 Å². The van der Waals surface area contributed by atoms with Crippen molar-refractivity contribution in [1.29, 1.82) is 0 Å². The number of carboxylic acid groups (broad SMARTS) is 2. The van der Waals surface area contributed by atoms with Crippen molar-refractivity contribution in [3.63, 3.8) is 0 Å². The molecule has 0 atom stereocenters. The maximum absolute atomic E-state index is 10.7. The molecule has 0 aromatic heterocycles. The van der Waals surface area contributed by atoms with Gasteiger partial charge in [-0.1, -0.05) is 0 Å². The normalized spacial score (nSPS) is 9.65. The predicted molar refractivity (Wildman–Crippen MR) is 56.2 cm³/mol. The first kappa shape index (κ1) is 12.4. The number of carbonyl (C=O) groups is 2. The van der Waals surface area contributed by atoms with Crippen LogP contribution in [0.2, 0.25) is 0 Å². The number of anilines is 1. The predicted octanol–water partition coefficient (Wildman–Crippen LogP) is 0.790. The molecule has 17 heavy (non-hydrogen) atoms. The fourth-order valence-electron chi connectivity index (χ4n) is 1.14. The summed E-state index contributed by atoms with van der Waals surface area (Å²) in [4.78, 5) is 30.8. The number of hydrogen-bond donors (Lipinski definition) is 3. The minimum atomic E-state index is -1.29. The standard InChI is InChI=1S/C9H8N2O6/c12-8(13)4-10-6-2-1-5(9(14)15)3-7(6)11(16)17/h1-3,10H,4H2,(H,12,13)(H,14,15). The van der Waals surface area contributed by atoms with Crippen molar-refractivity contribution in [1.82, 2.24) is 0 Å². The molecule has 0 bridgehead atoms. The number of hydrogen-bond acceptors (Lipinski definition) is 5. The molecule has 0 fully saturated rings. The Kier molecular flexibility index (Phi) is 3.60. The SMILES string of the molecule is O=C(O)CNc1ccc(C(=O)O)cc1[N+](=O)[O-]. The molecule has 0 unspecified atom stereocenters. The number of rotatable bonds is 5. The van der Waals surface area contributed by atoms with Gasteiger partial charge in [-0.2, -0.15) is 0 Å². The third-order valence-electron chi connectivity index (χ3n) is 1.87. The van der Waals surface area contributed by atoms with Crippen molar-refractivity contribution in [2.75, 3.05) is 11.9 Å². The lowest BCUT2D eigenvalue weighted by atomic mass is 10.1. The van der Waals surface area contributed by atoms with Crippen LogP contribution in [0.5, 0.6) is 0 Å². The molecule has 0 radical (unpaired) electrons. The molecule has 0 saturated heterocycles. The topological polar surface area (TPSA) is 130 Å². The van der Waals surface area contributed by atoms with E-state index in [0.29, 0.717) is 0 Å². The number of nitro groups is 1. The van der Waals surface area contributed by atoms with Crippen LogP contribution >= 0.6 is 0 Å². The van der Waals surface area contributed by atoms with Crippen molar-refractivity contribution < 1.29 is 24.7 Å². The van der Waals surface area contributed by atoms with Crippen LogP contribution < -0.4 is 5.32 Å². The van der Waals surface area contributed by atoms with Gasteiger partial charge in [0.15, 0.2) is 0 Å². The second kappa shape index (κ2) is 4.92. The summed E-state index contributed by atoms with van der Waals surface area (Å²) in [5.41, 5.74) is -0.758. The number of carboxylic acids is 2. The number of nitro benzene ring substituents is 1. The zero-order valence-electron chi connectivity index (χ0n) is 8.41. The Bertz CT molecular complexity index is 484. The highest BCUT2D eigenvalue weighted by Gasteiger charge is 2.17. The fraction of sp³-hybridized carbons (Fsp3) is 0.111. The maximum atomic E-state index is 10.7. The zero-order valence-corrected chi connectivity index (χ0v) is 8.41. The van der Waals surface area contributed by atoms with Crippen LogP contribution in [0.4, 0.5) is 11.4 Å². The van der Waals surface area contributed by atoms with E-state index in [9.17, 15) is 19.7 Å². The maximum Gasteiger partial charge on any atom is 0.335 e. The van der Waals surface area contributed by atoms with E-state index in [1.54, 1.807) is 0 Å². The van der Waals surface area contributed by atoms with Crippen LogP contribution in [0, 0.1) is 10.1 Å². The molecule has 3 N–H and O–H groups in total. The van der Waals surface area contributed by atoms with E-state index < -0.39 is 29.1 Å². The smallest absolute Gasteiger partial charge is 0.335 e. The van der Waals surface area contributed by atoms with Gasteiger partial charge in [0.05, 0.1) is 10.5 Å². The average Bonchev–Trinajstić information content (AvgIpc) is 2.25. The largest absolute Gasteiger partial charge is 0.480 e. The minimum absolute atomic E-state index is 0.0394. The third kappa shape index (κ3) is 3.16. The summed E-state index contributed by atoms with van der Waals surface area (Å²) in [6.45, 7) is -0.493. The Morgan fingerprint density at radius 2 is 2.00 bits per heavy atom. The Hall–Kier alpha value is -2.64. The van der Waals surface area contributed by atoms with Crippen molar-refractivity contribution in [3.05, 3.63) is 33.9 Å². The van der Waals surface area contributed by atoms with Crippen LogP contribution in [0.15, 0.2) is 18.2 Å². The van der Waals surface area contributed by atoms with Gasteiger partial charge in [0, 0.05) is 6.07 Å². The number of aliphatic carboxylic acids is 1. The summed E-state index contributed by atoms with van der Waals surface area (Å²) in [6, 6.07) is 3.18. The summed E-state index contributed by atoms with van der Waals surface area (Å²) in [7, 11) is 0. The first-order chi connectivity index (χ1) is 7.91. The molecule has 0 saturated carbocycles. The van der Waals surface area contributed by atoms with Crippen molar-refractivity contribution in [2.45, 2.75) is 0 Å². The highest BCUT2D eigenvalue weighted by Crippen LogP contribution is 2.25. The van der Waals surface area contributed by atoms with Gasteiger partial charge in [0.25, 0.3) is 5.69 Å². The molecule has 8 nitrogen and oxygen atoms in total. The van der Waals surface area contributed by atoms with Gasteiger partial charge in [-0.3, -0.25) is 14.9 Å². The van der Waals surface area contributed by atoms with Gasteiger partial charge < -0.3 is 15.5 Å². The average molecular weight is 240 g/mol. The number of nitrogens with one attached hydrogen (secondary N) is 1. The van der Waals surface area contributed by atoms with E-state index in [1.165, 1.54) is 0 Å². The van der Waals surface area contributed by atoms with Crippen molar-refractivity contribution >= 4 is 23.3 Å². The number of benzene rings is 1. The summed E-state index contributed by atoms with van der Waals surface area (Å²) in [5.74, 6) is -2.47. The summed E-state index contributed by atoms with van der Waals surface area (Å²) >= 11 is 0. The monoisotopic (exact) mass is 240 g/mol. The summed E-state index contributed by atoms with van der Waals surface area (Å²) in [6.07, 6.45) is 0. The van der Waals surface area contributed by atoms with Crippen LogP contribution in [0.1, 0.15) is 10.4 Å². The molecule has 1 aromatic rings. The molecule has 1 rings (SSSR count). The van der Waals surface area contributed by atoms with E-state index in [4.69, 9.17) is 10.2 Å². The molecule has 8 heteroatoms. The zero-order chi connectivity index (χ0) is 13.0. The molecule has 0 spiro atoms. The van der Waals surface area contributed by atoms with Gasteiger partial charge in [-0.15, -0.1) is 0 Å². The lowest BCUT2D eigenvalue weighted by Crippen LogP contribution is -2.13. The molecular formula is C9H8N2O6. The molecule has 0 aliphatic carbocycles. The summed E-state index contributed by atoms with van der Waals surface area (Å²) < 4.78 is 0. The van der Waals surface area contributed by atoms with E-state index in [2.05, 4.69) is 5.32 Å². The van der Waals surface area contributed by atoms with Gasteiger partial charge in [-0.05, 0) is 12.1 Å². The fourth-order valence-corrected chi connectivity index (χ4v) is 1.14. The lowest BCUT2D eigenvalue weighted by Gasteiger charge is -2.05. The molecule has 0 aliphatic rings. The van der Waals surface area contributed by atoms with E-state index in [1.807, 2.05) is 0 Å². The van der Waals surface area contributed by atoms with Gasteiger partial charge in [-0.25, -0.2) is 4.79 Å². The second-order valence-electron chi connectivity index (χ2n) is 3.04. The number of aromatic carboxylic acids is 1. The Labute approximate surface area is 94.6 Å². The quantitative estimate of drug-likeness (QED) is 0.512. The van der Waals surface area contributed by atoms with Crippen LogP contribution in [-0.4, -0.2) is 33.6 Å². The summed E-state index contributed by atoms with van der Waals surface area (Å²) in [5, 5.41) is 30.1. The third-order valence-corrected chi connectivity index (χ3v) is 1.87. The van der Waals surface area contributed by atoms with Crippen molar-refractivity contribution in [3.8, 4) is 0 Å². The van der Waals surface area contributed by atoms with Crippen LogP contribution in [-0.2, 0) is 4.79 Å². The molecular weight excluding hydrogens is 232 g/mol.